The van der Waals surface area contributed by atoms with E-state index in [2.05, 4.69) is 15.6 Å². The largest absolute Gasteiger partial charge is 0.462 e. The summed E-state index contributed by atoms with van der Waals surface area (Å²) in [6, 6.07) is -0.297. The molecule has 1 unspecified atom stereocenters. The van der Waals surface area contributed by atoms with Gasteiger partial charge in [-0.15, -0.1) is 0 Å². The van der Waals surface area contributed by atoms with E-state index in [1.807, 2.05) is 0 Å². The van der Waals surface area contributed by atoms with Crippen molar-refractivity contribution in [2.75, 3.05) is 6.61 Å². The third-order valence-corrected chi connectivity index (χ3v) is 2.10. The first-order chi connectivity index (χ1) is 9.29. The van der Waals surface area contributed by atoms with Crippen LogP contribution in [-0.2, 0) is 19.1 Å². The fourth-order valence-electron chi connectivity index (χ4n) is 1.30. The molecule has 0 radical (unpaired) electrons. The van der Waals surface area contributed by atoms with Crippen LogP contribution in [0.15, 0.2) is 11.8 Å². The van der Waals surface area contributed by atoms with E-state index in [1.165, 1.54) is 13.8 Å². The Bertz CT molecular complexity index is 397. The van der Waals surface area contributed by atoms with Crippen molar-refractivity contribution in [3.63, 3.8) is 0 Å². The van der Waals surface area contributed by atoms with E-state index in [4.69, 9.17) is 0 Å². The smallest absolute Gasteiger partial charge is 0.343 e. The molecule has 20 heavy (non-hydrogen) atoms. The number of hydrogen-bond donors (Lipinski definition) is 2. The number of Topliss-reactive ketones (excluding diaryl/α,β-unsaturated/α-hetero) is 2. The van der Waals surface area contributed by atoms with Crippen LogP contribution in [0.4, 0.5) is 8.78 Å². The fourth-order valence-corrected chi connectivity index (χ4v) is 1.30. The van der Waals surface area contributed by atoms with E-state index >= 15 is 0 Å². The van der Waals surface area contributed by atoms with Crippen LogP contribution in [0.1, 0.15) is 27.2 Å². The number of halogens is 2. The van der Waals surface area contributed by atoms with Crippen LogP contribution < -0.4 is 10.9 Å². The molecule has 0 bridgehead atoms. The zero-order valence-corrected chi connectivity index (χ0v) is 11.5. The lowest BCUT2D eigenvalue weighted by Gasteiger charge is -2.12. The summed E-state index contributed by atoms with van der Waals surface area (Å²) >= 11 is 0. The Morgan fingerprint density at radius 1 is 1.30 bits per heavy atom. The summed E-state index contributed by atoms with van der Waals surface area (Å²) in [6.07, 6.45) is -2.29. The van der Waals surface area contributed by atoms with Crippen LogP contribution in [0.2, 0.25) is 0 Å². The molecular formula is C12H18F2N2O4. The van der Waals surface area contributed by atoms with Crippen LogP contribution in [0.5, 0.6) is 0 Å². The van der Waals surface area contributed by atoms with Crippen LogP contribution in [-0.4, -0.2) is 36.6 Å². The lowest BCUT2D eigenvalue weighted by molar-refractivity contribution is -0.141. The van der Waals surface area contributed by atoms with E-state index in [-0.39, 0.29) is 24.9 Å². The van der Waals surface area contributed by atoms with E-state index < -0.39 is 23.8 Å². The molecule has 0 aliphatic carbocycles. The molecule has 0 spiro atoms. The van der Waals surface area contributed by atoms with Crippen LogP contribution >= 0.6 is 0 Å². The molecule has 0 aliphatic heterocycles. The Kier molecular flexibility index (Phi) is 8.30. The molecule has 0 heterocycles. The van der Waals surface area contributed by atoms with Gasteiger partial charge in [-0.3, -0.25) is 9.59 Å². The zero-order chi connectivity index (χ0) is 15.7. The number of nitrogens with one attached hydrogen (secondary N) is 2. The maximum Gasteiger partial charge on any atom is 0.343 e. The highest BCUT2D eigenvalue weighted by Gasteiger charge is 2.27. The van der Waals surface area contributed by atoms with Crippen molar-refractivity contribution < 1.29 is 27.9 Å². The number of carbonyl (C=O) groups is 3. The molecule has 0 saturated carbocycles. The number of esters is 1. The Morgan fingerprint density at radius 3 is 2.35 bits per heavy atom. The number of rotatable bonds is 9. The van der Waals surface area contributed by atoms with E-state index in [1.54, 1.807) is 6.92 Å². The summed E-state index contributed by atoms with van der Waals surface area (Å²) in [5, 5.41) is 0. The van der Waals surface area contributed by atoms with Crippen LogP contribution in [0.3, 0.4) is 0 Å². The van der Waals surface area contributed by atoms with Crippen molar-refractivity contribution in [3.8, 4) is 0 Å². The maximum atomic E-state index is 12.3. The van der Waals surface area contributed by atoms with Crippen LogP contribution in [0.25, 0.3) is 0 Å². The average molecular weight is 292 g/mol. The van der Waals surface area contributed by atoms with Gasteiger partial charge in [0.1, 0.15) is 11.4 Å². The van der Waals surface area contributed by atoms with Gasteiger partial charge >= 0.3 is 12.4 Å². The molecule has 0 amide bonds. The van der Waals surface area contributed by atoms with Crippen molar-refractivity contribution in [2.45, 2.75) is 39.7 Å². The minimum absolute atomic E-state index is 0.0408. The Morgan fingerprint density at radius 2 is 1.90 bits per heavy atom. The highest BCUT2D eigenvalue weighted by molar-refractivity contribution is 6.18. The van der Waals surface area contributed by atoms with Gasteiger partial charge in [0.25, 0.3) is 0 Å². The van der Waals surface area contributed by atoms with Crippen molar-refractivity contribution >= 4 is 17.5 Å². The van der Waals surface area contributed by atoms with Crippen molar-refractivity contribution in [2.24, 2.45) is 0 Å². The third-order valence-electron chi connectivity index (χ3n) is 2.10. The Hall–Kier alpha value is -1.83. The first kappa shape index (κ1) is 18.2. The van der Waals surface area contributed by atoms with Crippen molar-refractivity contribution in [3.05, 3.63) is 11.8 Å². The topological polar surface area (TPSA) is 84.5 Å². The number of ketones is 2. The fraction of sp³-hybridized carbons (Fsp3) is 0.583. The molecule has 0 aromatic rings. The second-order valence-electron chi connectivity index (χ2n) is 4.04. The minimum Gasteiger partial charge on any atom is -0.462 e. The molecule has 0 fully saturated rings. The first-order valence-corrected chi connectivity index (χ1v) is 5.99. The van der Waals surface area contributed by atoms with Gasteiger partial charge in [-0.2, -0.15) is 0 Å². The summed E-state index contributed by atoms with van der Waals surface area (Å²) in [7, 11) is 0. The van der Waals surface area contributed by atoms with Gasteiger partial charge in [0.15, 0.2) is 0 Å². The van der Waals surface area contributed by atoms with Gasteiger partial charge in [0.2, 0.25) is 5.78 Å². The second kappa shape index (κ2) is 9.13. The zero-order valence-electron chi connectivity index (χ0n) is 11.5. The van der Waals surface area contributed by atoms with E-state index in [0.29, 0.717) is 0 Å². The Labute approximate surface area is 115 Å². The number of hydrazine groups is 1. The molecule has 0 aliphatic rings. The number of ether oxygens (including phenoxy) is 1. The predicted octanol–water partition coefficient (Wildman–Crippen LogP) is 0.729. The standard InChI is InChI=1S/C12H18F2N2O4/c1-4-20-12(19)9(10(18)11(13)14)6-15-16-7(2)5-8(3)17/h6-7,11,15-16H,4-5H2,1-3H3. The van der Waals surface area contributed by atoms with Crippen molar-refractivity contribution in [1.82, 2.24) is 10.9 Å². The van der Waals surface area contributed by atoms with Gasteiger partial charge in [-0.05, 0) is 20.8 Å². The lowest BCUT2D eigenvalue weighted by atomic mass is 10.2. The first-order valence-electron chi connectivity index (χ1n) is 5.99. The molecule has 0 aromatic carbocycles. The molecule has 0 aromatic heterocycles. The summed E-state index contributed by atoms with van der Waals surface area (Å²) in [6.45, 7) is 4.52. The summed E-state index contributed by atoms with van der Waals surface area (Å²) in [4.78, 5) is 33.4. The van der Waals surface area contributed by atoms with Gasteiger partial charge in [0, 0.05) is 18.7 Å². The van der Waals surface area contributed by atoms with Crippen molar-refractivity contribution in [1.29, 1.82) is 0 Å². The monoisotopic (exact) mass is 292 g/mol. The SMILES string of the molecule is CCOC(=O)C(=CNNC(C)CC(C)=O)C(=O)C(F)F. The minimum atomic E-state index is -3.30. The van der Waals surface area contributed by atoms with Gasteiger partial charge in [0.05, 0.1) is 6.61 Å². The number of alkyl halides is 2. The van der Waals surface area contributed by atoms with E-state index in [9.17, 15) is 23.2 Å². The highest BCUT2D eigenvalue weighted by atomic mass is 19.3. The normalized spacial score (nSPS) is 13.0. The molecule has 8 heteroatoms. The molecule has 0 saturated heterocycles. The highest BCUT2D eigenvalue weighted by Crippen LogP contribution is 2.07. The maximum absolute atomic E-state index is 12.3. The third kappa shape index (κ3) is 6.93. The van der Waals surface area contributed by atoms with Crippen LogP contribution in [0, 0.1) is 0 Å². The summed E-state index contributed by atoms with van der Waals surface area (Å²) in [5.41, 5.74) is 4.14. The average Bonchev–Trinajstić information content (AvgIpc) is 2.33. The molecule has 0 rings (SSSR count). The predicted molar refractivity (Wildman–Crippen MR) is 66.8 cm³/mol. The summed E-state index contributed by atoms with van der Waals surface area (Å²) < 4.78 is 29.2. The molecular weight excluding hydrogens is 274 g/mol. The number of carbonyl (C=O) groups excluding carboxylic acids is 3. The lowest BCUT2D eigenvalue weighted by Crippen LogP contribution is -2.38. The van der Waals surface area contributed by atoms with E-state index in [0.717, 1.165) is 6.20 Å². The molecule has 2 N–H and O–H groups in total. The molecule has 1 atom stereocenters. The summed E-state index contributed by atoms with van der Waals surface area (Å²) in [5.74, 6) is -2.83. The second-order valence-corrected chi connectivity index (χ2v) is 4.04. The number of hydrogen-bond acceptors (Lipinski definition) is 6. The quantitative estimate of drug-likeness (QED) is 0.214. The van der Waals surface area contributed by atoms with Gasteiger partial charge in [-0.25, -0.2) is 19.0 Å². The molecule has 6 nitrogen and oxygen atoms in total. The van der Waals surface area contributed by atoms with Gasteiger partial charge in [-0.1, -0.05) is 0 Å². The Balaban J connectivity index is 4.69. The van der Waals surface area contributed by atoms with Gasteiger partial charge < -0.3 is 10.2 Å². The molecule has 114 valence electrons.